The maximum Gasteiger partial charge on any atom is 0.307 e. The van der Waals surface area contributed by atoms with Crippen LogP contribution in [0.5, 0.6) is 0 Å². The normalized spacial score (nSPS) is 25.6. The van der Waals surface area contributed by atoms with Gasteiger partial charge in [0.2, 0.25) is 5.91 Å². The van der Waals surface area contributed by atoms with Crippen LogP contribution in [0.25, 0.3) is 0 Å². The van der Waals surface area contributed by atoms with E-state index in [1.54, 1.807) is 35.7 Å². The molecule has 2 bridgehead atoms. The summed E-state index contributed by atoms with van der Waals surface area (Å²) in [6.45, 7) is 0. The third-order valence-electron chi connectivity index (χ3n) is 5.24. The Morgan fingerprint density at radius 1 is 1.00 bits per heavy atom. The maximum atomic E-state index is 12.9. The average molecular weight is 418 g/mol. The summed E-state index contributed by atoms with van der Waals surface area (Å²) < 4.78 is 27.7. The number of aliphatic carboxylic acids is 1. The van der Waals surface area contributed by atoms with E-state index in [1.165, 1.54) is 6.07 Å². The van der Waals surface area contributed by atoms with Crippen LogP contribution in [0.3, 0.4) is 0 Å². The van der Waals surface area contributed by atoms with E-state index in [4.69, 9.17) is 0 Å². The minimum absolute atomic E-state index is 0.110. The van der Waals surface area contributed by atoms with Crippen LogP contribution < -0.4 is 10.0 Å². The SMILES string of the molecule is O=C(O)[C@@H]1[C@@H](C(=O)Nc2ccccc2NS(=O)(=O)c2cccs2)[C@H]2C=C[C@H]1C2. The van der Waals surface area contributed by atoms with Gasteiger partial charge in [0.05, 0.1) is 23.2 Å². The summed E-state index contributed by atoms with van der Waals surface area (Å²) in [7, 11) is -3.77. The summed E-state index contributed by atoms with van der Waals surface area (Å²) >= 11 is 1.09. The first-order valence-corrected chi connectivity index (χ1v) is 11.1. The van der Waals surface area contributed by atoms with Gasteiger partial charge in [0.1, 0.15) is 4.21 Å². The van der Waals surface area contributed by atoms with Crippen molar-refractivity contribution in [1.82, 2.24) is 0 Å². The molecule has 7 nitrogen and oxygen atoms in total. The van der Waals surface area contributed by atoms with E-state index in [2.05, 4.69) is 10.0 Å². The second-order valence-electron chi connectivity index (χ2n) is 6.91. The van der Waals surface area contributed by atoms with Crippen molar-refractivity contribution in [1.29, 1.82) is 0 Å². The fraction of sp³-hybridized carbons (Fsp3) is 0.263. The lowest BCUT2D eigenvalue weighted by atomic mass is 9.82. The molecule has 3 N–H and O–H groups in total. The number of hydrogen-bond donors (Lipinski definition) is 3. The molecule has 28 heavy (non-hydrogen) atoms. The zero-order valence-corrected chi connectivity index (χ0v) is 16.2. The molecule has 0 spiro atoms. The highest BCUT2D eigenvalue weighted by Crippen LogP contribution is 2.48. The first kappa shape index (κ1) is 18.7. The van der Waals surface area contributed by atoms with E-state index in [9.17, 15) is 23.1 Å². The van der Waals surface area contributed by atoms with Crippen LogP contribution in [0, 0.1) is 23.7 Å². The van der Waals surface area contributed by atoms with Crippen LogP contribution in [0.2, 0.25) is 0 Å². The number of nitrogens with one attached hydrogen (secondary N) is 2. The second kappa shape index (κ2) is 7.06. The summed E-state index contributed by atoms with van der Waals surface area (Å²) in [6, 6.07) is 9.60. The van der Waals surface area contributed by atoms with Gasteiger partial charge >= 0.3 is 5.97 Å². The number of amides is 1. The number of hydrogen-bond acceptors (Lipinski definition) is 5. The van der Waals surface area contributed by atoms with Gasteiger partial charge in [0, 0.05) is 0 Å². The number of fused-ring (bicyclic) bond motifs is 2. The molecule has 2 aliphatic carbocycles. The number of sulfonamides is 1. The Morgan fingerprint density at radius 2 is 1.68 bits per heavy atom. The van der Waals surface area contributed by atoms with Crippen molar-refractivity contribution in [3.63, 3.8) is 0 Å². The lowest BCUT2D eigenvalue weighted by molar-refractivity contribution is -0.146. The standard InChI is InChI=1S/C19H18N2O5S2/c22-18(16-11-7-8-12(10-11)17(16)19(23)24)20-13-4-1-2-5-14(13)21-28(25,26)15-6-3-9-27-15/h1-9,11-12,16-17,21H,10H2,(H,20,22)(H,23,24)/t11-,12-,16-,17-/m0/s1. The van der Waals surface area contributed by atoms with Gasteiger partial charge in [-0.1, -0.05) is 30.4 Å². The third-order valence-corrected chi connectivity index (χ3v) is 8.00. The number of benzene rings is 1. The number of anilines is 2. The summed E-state index contributed by atoms with van der Waals surface area (Å²) in [4.78, 5) is 24.5. The van der Waals surface area contributed by atoms with Gasteiger partial charge in [-0.2, -0.15) is 0 Å². The number of carboxylic acid groups (broad SMARTS) is 1. The van der Waals surface area contributed by atoms with Crippen LogP contribution >= 0.6 is 11.3 Å². The Balaban J connectivity index is 1.57. The van der Waals surface area contributed by atoms with Crippen molar-refractivity contribution in [3.8, 4) is 0 Å². The average Bonchev–Trinajstić information content (AvgIpc) is 3.39. The predicted molar refractivity (Wildman–Crippen MR) is 106 cm³/mol. The highest BCUT2D eigenvalue weighted by Gasteiger charge is 2.51. The van der Waals surface area contributed by atoms with Crippen LogP contribution in [-0.2, 0) is 19.6 Å². The Hall–Kier alpha value is -2.65. The zero-order valence-electron chi connectivity index (χ0n) is 14.6. The molecule has 0 unspecified atom stereocenters. The summed E-state index contributed by atoms with van der Waals surface area (Å²) in [6.07, 6.45) is 4.43. The quantitative estimate of drug-likeness (QED) is 0.624. The van der Waals surface area contributed by atoms with Crippen LogP contribution in [0.4, 0.5) is 11.4 Å². The van der Waals surface area contributed by atoms with E-state index < -0.39 is 33.7 Å². The van der Waals surface area contributed by atoms with Crippen LogP contribution in [0.15, 0.2) is 58.1 Å². The number of thiophene rings is 1. The van der Waals surface area contributed by atoms with E-state index in [1.807, 2.05) is 12.2 Å². The third kappa shape index (κ3) is 3.31. The summed E-state index contributed by atoms with van der Waals surface area (Å²) in [5.74, 6) is -3.07. The molecule has 9 heteroatoms. The van der Waals surface area contributed by atoms with Crippen LogP contribution in [0.1, 0.15) is 6.42 Å². The minimum atomic E-state index is -3.77. The molecule has 1 fully saturated rings. The van der Waals surface area contributed by atoms with Gasteiger partial charge in [0.15, 0.2) is 0 Å². The molecule has 146 valence electrons. The first-order valence-electron chi connectivity index (χ1n) is 8.74. The maximum absolute atomic E-state index is 12.9. The molecule has 1 aromatic heterocycles. The Morgan fingerprint density at radius 3 is 2.32 bits per heavy atom. The van der Waals surface area contributed by atoms with Gasteiger partial charge in [-0.3, -0.25) is 14.3 Å². The van der Waals surface area contributed by atoms with Gasteiger partial charge in [0.25, 0.3) is 10.0 Å². The number of para-hydroxylation sites is 2. The molecule has 1 amide bonds. The lowest BCUT2D eigenvalue weighted by Gasteiger charge is -2.24. The predicted octanol–water partition coefficient (Wildman–Crippen LogP) is 3.01. The molecule has 4 atom stereocenters. The number of rotatable bonds is 6. The minimum Gasteiger partial charge on any atom is -0.481 e. The van der Waals surface area contributed by atoms with Crippen molar-refractivity contribution in [3.05, 3.63) is 53.9 Å². The van der Waals surface area contributed by atoms with Gasteiger partial charge in [-0.05, 0) is 41.8 Å². The summed E-state index contributed by atoms with van der Waals surface area (Å²) in [5.41, 5.74) is 0.526. The van der Waals surface area contributed by atoms with Crippen molar-refractivity contribution in [2.24, 2.45) is 23.7 Å². The summed E-state index contributed by atoms with van der Waals surface area (Å²) in [5, 5.41) is 13.9. The smallest absolute Gasteiger partial charge is 0.307 e. The van der Waals surface area contributed by atoms with Crippen molar-refractivity contribution in [2.45, 2.75) is 10.6 Å². The molecule has 0 aliphatic heterocycles. The Labute approximate surface area is 166 Å². The van der Waals surface area contributed by atoms with E-state index >= 15 is 0 Å². The fourth-order valence-electron chi connectivity index (χ4n) is 4.02. The molecule has 2 aromatic rings. The Bertz CT molecular complexity index is 1050. The highest BCUT2D eigenvalue weighted by molar-refractivity contribution is 7.94. The molecule has 0 saturated heterocycles. The lowest BCUT2D eigenvalue weighted by Crippen LogP contribution is -2.36. The molecular weight excluding hydrogens is 400 g/mol. The van der Waals surface area contributed by atoms with Gasteiger partial charge in [-0.15, -0.1) is 11.3 Å². The van der Waals surface area contributed by atoms with Crippen molar-refractivity contribution >= 4 is 44.6 Å². The van der Waals surface area contributed by atoms with Gasteiger partial charge in [-0.25, -0.2) is 8.42 Å². The fourth-order valence-corrected chi connectivity index (χ4v) is 6.10. The molecular formula is C19H18N2O5S2. The zero-order chi connectivity index (χ0) is 19.9. The molecule has 1 aromatic carbocycles. The van der Waals surface area contributed by atoms with Gasteiger partial charge < -0.3 is 10.4 Å². The topological polar surface area (TPSA) is 113 Å². The number of carbonyl (C=O) groups excluding carboxylic acids is 1. The van der Waals surface area contributed by atoms with Crippen LogP contribution in [-0.4, -0.2) is 25.4 Å². The number of carbonyl (C=O) groups is 2. The second-order valence-corrected chi connectivity index (χ2v) is 9.77. The highest BCUT2D eigenvalue weighted by atomic mass is 32.2. The Kier molecular flexibility index (Phi) is 4.72. The molecule has 1 heterocycles. The van der Waals surface area contributed by atoms with E-state index in [-0.39, 0.29) is 21.7 Å². The van der Waals surface area contributed by atoms with Crippen molar-refractivity contribution < 1.29 is 23.1 Å². The molecule has 1 saturated carbocycles. The first-order chi connectivity index (χ1) is 13.4. The molecule has 2 aliphatic rings. The molecule has 0 radical (unpaired) electrons. The van der Waals surface area contributed by atoms with E-state index in [0.29, 0.717) is 12.1 Å². The molecule has 4 rings (SSSR count). The largest absolute Gasteiger partial charge is 0.481 e. The van der Waals surface area contributed by atoms with E-state index in [0.717, 1.165) is 11.3 Å². The van der Waals surface area contributed by atoms with Crippen molar-refractivity contribution in [2.75, 3.05) is 10.0 Å². The number of allylic oxidation sites excluding steroid dienone is 2. The monoisotopic (exact) mass is 418 g/mol. The number of carboxylic acids is 1.